The van der Waals surface area contributed by atoms with Gasteiger partial charge in [0, 0.05) is 6.54 Å². The Bertz CT molecular complexity index is 338. The maximum Gasteiger partial charge on any atom is 0.230 e. The molecule has 6 nitrogen and oxygen atoms in total. The SMILES string of the molecule is CC(C)CCNC(=O)CSc1n[nH]c(N)n1. The highest BCUT2D eigenvalue weighted by Crippen LogP contribution is 2.11. The van der Waals surface area contributed by atoms with Crippen LogP contribution < -0.4 is 11.1 Å². The minimum absolute atomic E-state index is 0.00554. The predicted molar refractivity (Wildman–Crippen MR) is 64.0 cm³/mol. The first-order valence-corrected chi connectivity index (χ1v) is 6.14. The summed E-state index contributed by atoms with van der Waals surface area (Å²) in [6.07, 6.45) is 0.990. The van der Waals surface area contributed by atoms with Gasteiger partial charge in [-0.05, 0) is 12.3 Å². The lowest BCUT2D eigenvalue weighted by Crippen LogP contribution is -2.26. The molecule has 0 unspecified atom stereocenters. The number of nitrogens with two attached hydrogens (primary N) is 1. The Balaban J connectivity index is 2.15. The lowest BCUT2D eigenvalue weighted by Gasteiger charge is -2.05. The molecule has 0 aromatic carbocycles. The molecule has 0 aliphatic heterocycles. The first kappa shape index (κ1) is 12.8. The summed E-state index contributed by atoms with van der Waals surface area (Å²) in [5.41, 5.74) is 5.36. The number of carbonyl (C=O) groups is 1. The maximum atomic E-state index is 11.4. The molecule has 0 spiro atoms. The van der Waals surface area contributed by atoms with Gasteiger partial charge in [-0.2, -0.15) is 4.98 Å². The van der Waals surface area contributed by atoms with E-state index < -0.39 is 0 Å². The van der Waals surface area contributed by atoms with Crippen LogP contribution >= 0.6 is 11.8 Å². The third-order valence-electron chi connectivity index (χ3n) is 1.86. The first-order chi connectivity index (χ1) is 7.58. The Kier molecular flexibility index (Phi) is 5.10. The molecule has 0 fully saturated rings. The van der Waals surface area contributed by atoms with Gasteiger partial charge < -0.3 is 11.1 Å². The van der Waals surface area contributed by atoms with Crippen LogP contribution in [-0.4, -0.2) is 33.4 Å². The Morgan fingerprint density at radius 2 is 2.38 bits per heavy atom. The Morgan fingerprint density at radius 1 is 1.62 bits per heavy atom. The zero-order valence-corrected chi connectivity index (χ0v) is 10.3. The number of nitrogens with one attached hydrogen (secondary N) is 2. The van der Waals surface area contributed by atoms with Gasteiger partial charge in [0.1, 0.15) is 0 Å². The van der Waals surface area contributed by atoms with Crippen molar-refractivity contribution >= 4 is 23.6 Å². The summed E-state index contributed by atoms with van der Waals surface area (Å²) < 4.78 is 0. The molecule has 4 N–H and O–H groups in total. The monoisotopic (exact) mass is 243 g/mol. The molecule has 7 heteroatoms. The van der Waals surface area contributed by atoms with Crippen LogP contribution in [0.1, 0.15) is 20.3 Å². The van der Waals surface area contributed by atoms with Crippen LogP contribution in [0.5, 0.6) is 0 Å². The number of thioether (sulfide) groups is 1. The minimum atomic E-state index is -0.00554. The van der Waals surface area contributed by atoms with Gasteiger partial charge in [-0.15, -0.1) is 5.10 Å². The summed E-state index contributed by atoms with van der Waals surface area (Å²) in [6, 6.07) is 0. The third kappa shape index (κ3) is 5.01. The second-order valence-corrected chi connectivity index (χ2v) is 4.77. The van der Waals surface area contributed by atoms with Crippen molar-refractivity contribution in [3.63, 3.8) is 0 Å². The number of anilines is 1. The lowest BCUT2D eigenvalue weighted by molar-refractivity contribution is -0.118. The van der Waals surface area contributed by atoms with E-state index in [4.69, 9.17) is 5.73 Å². The summed E-state index contributed by atoms with van der Waals surface area (Å²) >= 11 is 1.26. The van der Waals surface area contributed by atoms with Crippen molar-refractivity contribution in [2.75, 3.05) is 18.0 Å². The summed E-state index contributed by atoms with van der Waals surface area (Å²) in [6.45, 7) is 4.96. The zero-order valence-electron chi connectivity index (χ0n) is 9.49. The van der Waals surface area contributed by atoms with Gasteiger partial charge in [0.05, 0.1) is 5.75 Å². The van der Waals surface area contributed by atoms with Crippen LogP contribution in [0.3, 0.4) is 0 Å². The average molecular weight is 243 g/mol. The van der Waals surface area contributed by atoms with E-state index in [1.807, 2.05) is 0 Å². The van der Waals surface area contributed by atoms with Crippen molar-refractivity contribution in [2.24, 2.45) is 5.92 Å². The summed E-state index contributed by atoms with van der Waals surface area (Å²) in [7, 11) is 0. The van der Waals surface area contributed by atoms with Gasteiger partial charge in [-0.1, -0.05) is 25.6 Å². The fraction of sp³-hybridized carbons (Fsp3) is 0.667. The van der Waals surface area contributed by atoms with Gasteiger partial charge in [0.25, 0.3) is 0 Å². The highest BCUT2D eigenvalue weighted by molar-refractivity contribution is 7.99. The van der Waals surface area contributed by atoms with Crippen LogP contribution in [0.25, 0.3) is 0 Å². The fourth-order valence-electron chi connectivity index (χ4n) is 1.00. The van der Waals surface area contributed by atoms with Crippen molar-refractivity contribution in [3.05, 3.63) is 0 Å². The third-order valence-corrected chi connectivity index (χ3v) is 2.71. The quantitative estimate of drug-likeness (QED) is 0.637. The van der Waals surface area contributed by atoms with Crippen molar-refractivity contribution in [2.45, 2.75) is 25.4 Å². The van der Waals surface area contributed by atoms with E-state index in [1.54, 1.807) is 0 Å². The van der Waals surface area contributed by atoms with E-state index in [1.165, 1.54) is 11.8 Å². The van der Waals surface area contributed by atoms with Gasteiger partial charge in [-0.3, -0.25) is 4.79 Å². The predicted octanol–water partition coefficient (Wildman–Crippen LogP) is 0.641. The number of hydrogen-bond acceptors (Lipinski definition) is 5. The standard InChI is InChI=1S/C9H17N5OS/c1-6(2)3-4-11-7(15)5-16-9-12-8(10)13-14-9/h6H,3-5H2,1-2H3,(H,11,15)(H3,10,12,13,14). The molecule has 0 bridgehead atoms. The molecule has 1 heterocycles. The highest BCUT2D eigenvalue weighted by Gasteiger charge is 2.06. The van der Waals surface area contributed by atoms with Crippen molar-refractivity contribution in [3.8, 4) is 0 Å². The first-order valence-electron chi connectivity index (χ1n) is 5.15. The number of carbonyl (C=O) groups excluding carboxylic acids is 1. The molecular weight excluding hydrogens is 226 g/mol. The number of aromatic amines is 1. The van der Waals surface area contributed by atoms with Crippen LogP contribution in [0, 0.1) is 5.92 Å². The lowest BCUT2D eigenvalue weighted by atomic mass is 10.1. The molecule has 0 saturated carbocycles. The average Bonchev–Trinajstić information content (AvgIpc) is 2.61. The van der Waals surface area contributed by atoms with Crippen molar-refractivity contribution in [1.29, 1.82) is 0 Å². The Morgan fingerprint density at radius 3 is 2.94 bits per heavy atom. The molecule has 0 atom stereocenters. The molecule has 90 valence electrons. The van der Waals surface area contributed by atoms with Gasteiger partial charge in [0.2, 0.25) is 17.0 Å². The van der Waals surface area contributed by atoms with E-state index in [0.717, 1.165) is 6.42 Å². The fourth-order valence-corrected chi connectivity index (χ4v) is 1.64. The molecule has 0 aliphatic rings. The summed E-state index contributed by atoms with van der Waals surface area (Å²) in [4.78, 5) is 15.3. The number of amides is 1. The summed E-state index contributed by atoms with van der Waals surface area (Å²) in [5.74, 6) is 1.17. The molecule has 1 aromatic heterocycles. The second-order valence-electron chi connectivity index (χ2n) is 3.82. The van der Waals surface area contributed by atoms with E-state index >= 15 is 0 Å². The normalized spacial score (nSPS) is 10.7. The van der Waals surface area contributed by atoms with Crippen molar-refractivity contribution in [1.82, 2.24) is 20.5 Å². The van der Waals surface area contributed by atoms with Crippen LogP contribution in [0.4, 0.5) is 5.95 Å². The molecule has 1 aromatic rings. The number of nitrogen functional groups attached to an aromatic ring is 1. The second kappa shape index (κ2) is 6.37. The van der Waals surface area contributed by atoms with E-state index in [0.29, 0.717) is 23.4 Å². The van der Waals surface area contributed by atoms with Crippen LogP contribution in [-0.2, 0) is 4.79 Å². The molecule has 0 radical (unpaired) electrons. The van der Waals surface area contributed by atoms with E-state index in [9.17, 15) is 4.79 Å². The Hall–Kier alpha value is -1.24. The minimum Gasteiger partial charge on any atom is -0.368 e. The molecule has 16 heavy (non-hydrogen) atoms. The van der Waals surface area contributed by atoms with Gasteiger partial charge >= 0.3 is 0 Å². The number of H-pyrrole nitrogens is 1. The van der Waals surface area contributed by atoms with Crippen molar-refractivity contribution < 1.29 is 4.79 Å². The molecular formula is C9H17N5OS. The van der Waals surface area contributed by atoms with Crippen LogP contribution in [0.15, 0.2) is 5.16 Å². The number of nitrogens with zero attached hydrogens (tertiary/aromatic N) is 2. The molecule has 0 saturated heterocycles. The topological polar surface area (TPSA) is 96.7 Å². The summed E-state index contributed by atoms with van der Waals surface area (Å²) in [5, 5.41) is 9.66. The highest BCUT2D eigenvalue weighted by atomic mass is 32.2. The number of rotatable bonds is 6. The maximum absolute atomic E-state index is 11.4. The number of hydrogen-bond donors (Lipinski definition) is 3. The van der Waals surface area contributed by atoms with E-state index in [2.05, 4.69) is 34.3 Å². The molecule has 0 aliphatic carbocycles. The number of aromatic nitrogens is 3. The van der Waals surface area contributed by atoms with Gasteiger partial charge in [0.15, 0.2) is 0 Å². The van der Waals surface area contributed by atoms with E-state index in [-0.39, 0.29) is 11.9 Å². The largest absolute Gasteiger partial charge is 0.368 e. The molecule has 1 amide bonds. The Labute approximate surface area is 98.8 Å². The zero-order chi connectivity index (χ0) is 12.0. The van der Waals surface area contributed by atoms with Crippen LogP contribution in [0.2, 0.25) is 0 Å². The smallest absolute Gasteiger partial charge is 0.230 e. The van der Waals surface area contributed by atoms with Gasteiger partial charge in [-0.25, -0.2) is 5.10 Å². The molecule has 1 rings (SSSR count).